The number of likely N-dealkylation sites (N-methyl/N-ethyl adjacent to an activating group) is 1. The molecule has 160 valence electrons. The van der Waals surface area contributed by atoms with Crippen LogP contribution >= 0.6 is 0 Å². The fraction of sp³-hybridized carbons (Fsp3) is 0.200. The molecule has 6 heteroatoms. The molecule has 3 rings (SSSR count). The highest BCUT2D eigenvalue weighted by Crippen LogP contribution is 2.22. The van der Waals surface area contributed by atoms with Gasteiger partial charge in [0.05, 0.1) is 13.7 Å². The summed E-state index contributed by atoms with van der Waals surface area (Å²) >= 11 is 0. The highest BCUT2D eigenvalue weighted by molar-refractivity contribution is 5.97. The van der Waals surface area contributed by atoms with Crippen LogP contribution in [0.1, 0.15) is 17.2 Å². The van der Waals surface area contributed by atoms with E-state index in [0.717, 1.165) is 11.1 Å². The summed E-state index contributed by atoms with van der Waals surface area (Å²) in [5.41, 5.74) is 3.31. The number of carbonyl (C=O) groups excluding carboxylic acids is 2. The number of nitrogens with zero attached hydrogens (tertiary/aromatic N) is 1. The lowest BCUT2D eigenvalue weighted by atomic mass is 10.0. The third-order valence-electron chi connectivity index (χ3n) is 4.89. The predicted octanol–water partition coefficient (Wildman–Crippen LogP) is 4.25. The summed E-state index contributed by atoms with van der Waals surface area (Å²) in [6.45, 7) is 2.04. The van der Waals surface area contributed by atoms with E-state index in [-0.39, 0.29) is 18.4 Å². The molecule has 1 atom stereocenters. The minimum Gasteiger partial charge on any atom is -0.497 e. The van der Waals surface area contributed by atoms with E-state index >= 15 is 0 Å². The fourth-order valence-electron chi connectivity index (χ4n) is 3.28. The summed E-state index contributed by atoms with van der Waals surface area (Å²) in [6, 6.07) is 23.5. The molecule has 2 N–H and O–H groups in total. The van der Waals surface area contributed by atoms with E-state index in [1.165, 1.54) is 0 Å². The van der Waals surface area contributed by atoms with Crippen molar-refractivity contribution in [1.82, 2.24) is 4.90 Å². The van der Waals surface area contributed by atoms with Crippen LogP contribution in [0.3, 0.4) is 0 Å². The van der Waals surface area contributed by atoms with Crippen molar-refractivity contribution >= 4 is 23.2 Å². The minimum atomic E-state index is -0.621. The highest BCUT2D eigenvalue weighted by atomic mass is 16.5. The third kappa shape index (κ3) is 6.17. The molecule has 0 unspecified atom stereocenters. The number of amides is 2. The Morgan fingerprint density at radius 1 is 0.871 bits per heavy atom. The van der Waals surface area contributed by atoms with E-state index in [9.17, 15) is 9.59 Å². The first-order valence-corrected chi connectivity index (χ1v) is 10.0. The molecule has 0 saturated heterocycles. The van der Waals surface area contributed by atoms with Gasteiger partial charge in [-0.25, -0.2) is 0 Å². The van der Waals surface area contributed by atoms with Crippen LogP contribution in [0.25, 0.3) is 0 Å². The van der Waals surface area contributed by atoms with Gasteiger partial charge in [0, 0.05) is 11.4 Å². The van der Waals surface area contributed by atoms with Crippen LogP contribution in [0.4, 0.5) is 11.4 Å². The second kappa shape index (κ2) is 10.4. The van der Waals surface area contributed by atoms with Crippen LogP contribution in [-0.4, -0.2) is 37.4 Å². The van der Waals surface area contributed by atoms with Gasteiger partial charge in [0.2, 0.25) is 11.8 Å². The van der Waals surface area contributed by atoms with Crippen molar-refractivity contribution < 1.29 is 14.3 Å². The molecule has 31 heavy (non-hydrogen) atoms. The number of anilines is 2. The first-order valence-electron chi connectivity index (χ1n) is 10.0. The molecule has 0 aliphatic heterocycles. The summed E-state index contributed by atoms with van der Waals surface area (Å²) < 4.78 is 5.14. The second-order valence-electron chi connectivity index (χ2n) is 7.36. The van der Waals surface area contributed by atoms with E-state index in [4.69, 9.17) is 4.74 Å². The number of carbonyl (C=O) groups is 2. The molecule has 0 saturated carbocycles. The number of rotatable bonds is 8. The molecule has 0 bridgehead atoms. The Morgan fingerprint density at radius 2 is 1.45 bits per heavy atom. The molecular weight excluding hydrogens is 390 g/mol. The predicted molar refractivity (Wildman–Crippen MR) is 123 cm³/mol. The van der Waals surface area contributed by atoms with E-state index in [2.05, 4.69) is 10.6 Å². The van der Waals surface area contributed by atoms with Gasteiger partial charge in [0.15, 0.2) is 0 Å². The number of aryl methyl sites for hydroxylation is 1. The van der Waals surface area contributed by atoms with Crippen molar-refractivity contribution in [3.05, 3.63) is 90.0 Å². The van der Waals surface area contributed by atoms with E-state index < -0.39 is 6.04 Å². The molecule has 0 aromatic heterocycles. The first kappa shape index (κ1) is 22.1. The average molecular weight is 418 g/mol. The van der Waals surface area contributed by atoms with Crippen LogP contribution in [0.15, 0.2) is 78.9 Å². The van der Waals surface area contributed by atoms with Gasteiger partial charge >= 0.3 is 0 Å². The smallest absolute Gasteiger partial charge is 0.246 e. The maximum atomic E-state index is 13.2. The Balaban J connectivity index is 1.72. The summed E-state index contributed by atoms with van der Waals surface area (Å²) in [7, 11) is 3.36. The monoisotopic (exact) mass is 417 g/mol. The van der Waals surface area contributed by atoms with Crippen LogP contribution in [-0.2, 0) is 9.59 Å². The number of hydrogen-bond donors (Lipinski definition) is 2. The van der Waals surface area contributed by atoms with Gasteiger partial charge in [-0.3, -0.25) is 14.5 Å². The number of ether oxygens (including phenoxy) is 1. The summed E-state index contributed by atoms with van der Waals surface area (Å²) in [4.78, 5) is 27.5. The molecule has 0 fully saturated rings. The zero-order valence-electron chi connectivity index (χ0n) is 18.0. The summed E-state index contributed by atoms with van der Waals surface area (Å²) in [5, 5.41) is 5.82. The Hall–Kier alpha value is -3.64. The SMILES string of the molecule is COc1ccc(NC(=O)CN(C)[C@@H](C(=O)Nc2ccc(C)cc2)c2ccccc2)cc1. The quantitative estimate of drug-likeness (QED) is 0.575. The maximum Gasteiger partial charge on any atom is 0.246 e. The van der Waals surface area contributed by atoms with Crippen molar-refractivity contribution in [2.75, 3.05) is 31.3 Å². The Kier molecular flexibility index (Phi) is 7.40. The van der Waals surface area contributed by atoms with Crippen LogP contribution in [0.5, 0.6) is 5.75 Å². The summed E-state index contributed by atoms with van der Waals surface area (Å²) in [6.07, 6.45) is 0. The van der Waals surface area contributed by atoms with Crippen molar-refractivity contribution in [2.45, 2.75) is 13.0 Å². The van der Waals surface area contributed by atoms with Crippen LogP contribution in [0.2, 0.25) is 0 Å². The topological polar surface area (TPSA) is 70.7 Å². The molecule has 0 heterocycles. The number of methoxy groups -OCH3 is 1. The Morgan fingerprint density at radius 3 is 2.06 bits per heavy atom. The molecule has 0 aliphatic rings. The third-order valence-corrected chi connectivity index (χ3v) is 4.89. The molecule has 0 aliphatic carbocycles. The molecule has 2 amide bonds. The van der Waals surface area contributed by atoms with Crippen molar-refractivity contribution in [3.63, 3.8) is 0 Å². The van der Waals surface area contributed by atoms with Crippen LogP contribution < -0.4 is 15.4 Å². The molecule has 3 aromatic carbocycles. The standard InChI is InChI=1S/C25H27N3O3/c1-18-9-11-21(12-10-18)27-25(30)24(19-7-5-4-6-8-19)28(2)17-23(29)26-20-13-15-22(31-3)16-14-20/h4-16,24H,17H2,1-3H3,(H,26,29)(H,27,30)/t24-/m1/s1. The fourth-order valence-corrected chi connectivity index (χ4v) is 3.28. The zero-order valence-corrected chi connectivity index (χ0v) is 18.0. The van der Waals surface area contributed by atoms with Gasteiger partial charge in [-0.2, -0.15) is 0 Å². The van der Waals surface area contributed by atoms with Gasteiger partial charge in [-0.05, 0) is 55.9 Å². The zero-order chi connectivity index (χ0) is 22.2. The number of hydrogen-bond acceptors (Lipinski definition) is 4. The average Bonchev–Trinajstić information content (AvgIpc) is 2.76. The van der Waals surface area contributed by atoms with Gasteiger partial charge in [-0.15, -0.1) is 0 Å². The maximum absolute atomic E-state index is 13.2. The molecular formula is C25H27N3O3. The largest absolute Gasteiger partial charge is 0.497 e. The molecule has 3 aromatic rings. The van der Waals surface area contributed by atoms with Gasteiger partial charge in [0.1, 0.15) is 11.8 Å². The Labute approximate surface area is 182 Å². The van der Waals surface area contributed by atoms with Crippen molar-refractivity contribution in [2.24, 2.45) is 0 Å². The molecule has 6 nitrogen and oxygen atoms in total. The van der Waals surface area contributed by atoms with E-state index in [1.807, 2.05) is 61.5 Å². The van der Waals surface area contributed by atoms with E-state index in [1.54, 1.807) is 43.3 Å². The van der Waals surface area contributed by atoms with Gasteiger partial charge < -0.3 is 15.4 Å². The van der Waals surface area contributed by atoms with Gasteiger partial charge in [0.25, 0.3) is 0 Å². The number of benzene rings is 3. The second-order valence-corrected chi connectivity index (χ2v) is 7.36. The van der Waals surface area contributed by atoms with Crippen molar-refractivity contribution in [3.8, 4) is 5.75 Å². The Bertz CT molecular complexity index is 1000. The molecule has 0 radical (unpaired) electrons. The minimum absolute atomic E-state index is 0.0485. The first-order chi connectivity index (χ1) is 15.0. The lowest BCUT2D eigenvalue weighted by Crippen LogP contribution is -2.39. The van der Waals surface area contributed by atoms with Crippen molar-refractivity contribution in [1.29, 1.82) is 0 Å². The normalized spacial score (nSPS) is 11.6. The van der Waals surface area contributed by atoms with Crippen LogP contribution in [0, 0.1) is 6.92 Å². The number of nitrogens with one attached hydrogen (secondary N) is 2. The van der Waals surface area contributed by atoms with E-state index in [0.29, 0.717) is 17.1 Å². The lowest BCUT2D eigenvalue weighted by molar-refractivity contribution is -0.123. The highest BCUT2D eigenvalue weighted by Gasteiger charge is 2.26. The summed E-state index contributed by atoms with van der Waals surface area (Å²) in [5.74, 6) is 0.304. The molecule has 0 spiro atoms. The van der Waals surface area contributed by atoms with Gasteiger partial charge in [-0.1, -0.05) is 48.0 Å². The lowest BCUT2D eigenvalue weighted by Gasteiger charge is -2.27.